The smallest absolute Gasteiger partial charge is 0.260 e. The number of hydrogen-bond donors (Lipinski definition) is 2. The lowest BCUT2D eigenvalue weighted by Gasteiger charge is -2.21. The van der Waals surface area contributed by atoms with Gasteiger partial charge in [-0.05, 0) is 29.5 Å². The van der Waals surface area contributed by atoms with Crippen LogP contribution in [0, 0.1) is 5.92 Å². The van der Waals surface area contributed by atoms with Gasteiger partial charge in [-0.1, -0.05) is 19.9 Å². The number of rotatable bonds is 5. The van der Waals surface area contributed by atoms with Crippen molar-refractivity contribution >= 4 is 27.0 Å². The molecule has 0 bridgehead atoms. The maximum Gasteiger partial charge on any atom is 0.260 e. The molecule has 1 unspecified atom stereocenters. The van der Waals surface area contributed by atoms with Gasteiger partial charge in [0, 0.05) is 11.1 Å². The number of pyridine rings is 1. The van der Waals surface area contributed by atoms with Crippen molar-refractivity contribution in [2.75, 3.05) is 5.73 Å². The van der Waals surface area contributed by atoms with Gasteiger partial charge in [0.15, 0.2) is 5.03 Å². The second kappa shape index (κ2) is 5.90. The van der Waals surface area contributed by atoms with Crippen LogP contribution in [0.1, 0.15) is 24.8 Å². The van der Waals surface area contributed by atoms with Crippen LogP contribution in [0.2, 0.25) is 0 Å². The van der Waals surface area contributed by atoms with Gasteiger partial charge in [-0.2, -0.15) is 0 Å². The highest BCUT2D eigenvalue weighted by molar-refractivity contribution is 7.89. The molecule has 0 radical (unpaired) electrons. The van der Waals surface area contributed by atoms with E-state index in [-0.39, 0.29) is 22.7 Å². The molecule has 2 rings (SSSR count). The molecule has 0 amide bonds. The lowest BCUT2D eigenvalue weighted by atomic mass is 10.0. The van der Waals surface area contributed by atoms with Crippen LogP contribution in [0.15, 0.2) is 40.9 Å². The van der Waals surface area contributed by atoms with Crippen molar-refractivity contribution in [1.82, 2.24) is 9.71 Å². The first-order chi connectivity index (χ1) is 9.42. The van der Waals surface area contributed by atoms with E-state index in [4.69, 9.17) is 5.73 Å². The molecule has 0 aromatic carbocycles. The molecular weight excluding hydrogens is 294 g/mol. The highest BCUT2D eigenvalue weighted by Gasteiger charge is 2.26. The third-order valence-electron chi connectivity index (χ3n) is 2.85. The van der Waals surface area contributed by atoms with Crippen molar-refractivity contribution in [2.45, 2.75) is 24.9 Å². The van der Waals surface area contributed by atoms with Crippen molar-refractivity contribution in [3.05, 3.63) is 40.7 Å². The number of thiophene rings is 1. The van der Waals surface area contributed by atoms with E-state index in [0.29, 0.717) is 0 Å². The first kappa shape index (κ1) is 15.0. The third-order valence-corrected chi connectivity index (χ3v) is 5.22. The van der Waals surface area contributed by atoms with E-state index in [1.807, 2.05) is 31.4 Å². The van der Waals surface area contributed by atoms with Crippen LogP contribution in [-0.4, -0.2) is 13.4 Å². The molecule has 0 saturated carbocycles. The zero-order valence-corrected chi connectivity index (χ0v) is 12.9. The Hall–Kier alpha value is -1.44. The summed E-state index contributed by atoms with van der Waals surface area (Å²) in [4.78, 5) is 4.84. The number of anilines is 1. The lowest BCUT2D eigenvalue weighted by molar-refractivity contribution is 0.468. The van der Waals surface area contributed by atoms with Gasteiger partial charge in [0.25, 0.3) is 10.0 Å². The lowest BCUT2D eigenvalue weighted by Crippen LogP contribution is -2.32. The summed E-state index contributed by atoms with van der Waals surface area (Å²) in [6.07, 6.45) is 1.42. The maximum absolute atomic E-state index is 12.4. The molecule has 2 aromatic rings. The van der Waals surface area contributed by atoms with E-state index in [1.165, 1.54) is 23.6 Å². The Morgan fingerprint density at radius 2 is 2.05 bits per heavy atom. The minimum atomic E-state index is -3.74. The summed E-state index contributed by atoms with van der Waals surface area (Å²) in [6.45, 7) is 3.93. The van der Waals surface area contributed by atoms with Gasteiger partial charge < -0.3 is 5.73 Å². The van der Waals surface area contributed by atoms with E-state index in [0.717, 1.165) is 4.88 Å². The summed E-state index contributed by atoms with van der Waals surface area (Å²) in [5.74, 6) is 0.119. The van der Waals surface area contributed by atoms with Gasteiger partial charge in [-0.25, -0.2) is 18.1 Å². The standard InChI is InChI=1S/C13H17N3O2S2/c1-9(2)12(11-6-4-8-19-11)16-20(17,18)13-10(14)5-3-7-15-13/h3-9,12,16H,14H2,1-2H3. The number of nitrogens with two attached hydrogens (primary N) is 1. The Kier molecular flexibility index (Phi) is 4.42. The molecule has 1 atom stereocenters. The van der Waals surface area contributed by atoms with Gasteiger partial charge in [0.1, 0.15) is 0 Å². The molecule has 0 saturated heterocycles. The third kappa shape index (κ3) is 3.17. The minimum absolute atomic E-state index is 0.119. The van der Waals surface area contributed by atoms with Crippen molar-refractivity contribution in [3.63, 3.8) is 0 Å². The van der Waals surface area contributed by atoms with Crippen molar-refractivity contribution in [3.8, 4) is 0 Å². The number of nitrogens with one attached hydrogen (secondary N) is 1. The molecule has 5 nitrogen and oxygen atoms in total. The number of sulfonamides is 1. The summed E-state index contributed by atoms with van der Waals surface area (Å²) >= 11 is 1.52. The topological polar surface area (TPSA) is 85.1 Å². The number of nitrogen functional groups attached to an aromatic ring is 1. The maximum atomic E-state index is 12.4. The second-order valence-electron chi connectivity index (χ2n) is 4.76. The molecule has 0 aliphatic heterocycles. The van der Waals surface area contributed by atoms with Crippen LogP contribution in [-0.2, 0) is 10.0 Å². The molecular formula is C13H17N3O2S2. The SMILES string of the molecule is CC(C)C(NS(=O)(=O)c1ncccc1N)c1cccs1. The van der Waals surface area contributed by atoms with Crippen molar-refractivity contribution < 1.29 is 8.42 Å². The van der Waals surface area contributed by atoms with E-state index < -0.39 is 10.0 Å². The molecule has 0 fully saturated rings. The van der Waals surface area contributed by atoms with E-state index in [2.05, 4.69) is 9.71 Å². The van der Waals surface area contributed by atoms with Crippen LogP contribution in [0.4, 0.5) is 5.69 Å². The number of nitrogens with zero attached hydrogens (tertiary/aromatic N) is 1. The monoisotopic (exact) mass is 311 g/mol. The fourth-order valence-corrected chi connectivity index (χ4v) is 4.29. The summed E-state index contributed by atoms with van der Waals surface area (Å²) < 4.78 is 27.5. The van der Waals surface area contributed by atoms with E-state index in [1.54, 1.807) is 6.07 Å². The summed E-state index contributed by atoms with van der Waals surface area (Å²) in [6, 6.07) is 6.66. The van der Waals surface area contributed by atoms with Crippen LogP contribution in [0.25, 0.3) is 0 Å². The molecule has 20 heavy (non-hydrogen) atoms. The molecule has 0 spiro atoms. The number of aromatic nitrogens is 1. The average molecular weight is 311 g/mol. The highest BCUT2D eigenvalue weighted by Crippen LogP contribution is 2.28. The average Bonchev–Trinajstić information content (AvgIpc) is 2.89. The van der Waals surface area contributed by atoms with E-state index in [9.17, 15) is 8.42 Å². The minimum Gasteiger partial charge on any atom is -0.396 e. The van der Waals surface area contributed by atoms with Gasteiger partial charge in [0.2, 0.25) is 0 Å². The largest absolute Gasteiger partial charge is 0.396 e. The molecule has 0 aliphatic carbocycles. The van der Waals surface area contributed by atoms with Gasteiger partial charge in [0.05, 0.1) is 11.7 Å². The van der Waals surface area contributed by atoms with Crippen molar-refractivity contribution in [1.29, 1.82) is 0 Å². The Morgan fingerprint density at radius 3 is 2.60 bits per heavy atom. The Bertz CT molecular complexity index is 667. The Morgan fingerprint density at radius 1 is 1.30 bits per heavy atom. The van der Waals surface area contributed by atoms with Gasteiger partial charge in [-0.15, -0.1) is 11.3 Å². The quantitative estimate of drug-likeness (QED) is 0.888. The molecule has 2 aromatic heterocycles. The molecule has 7 heteroatoms. The van der Waals surface area contributed by atoms with E-state index >= 15 is 0 Å². The summed E-state index contributed by atoms with van der Waals surface area (Å²) in [7, 11) is -3.74. The zero-order chi connectivity index (χ0) is 14.8. The number of hydrogen-bond acceptors (Lipinski definition) is 5. The van der Waals surface area contributed by atoms with Gasteiger partial charge in [-0.3, -0.25) is 0 Å². The second-order valence-corrected chi connectivity index (χ2v) is 7.36. The summed E-state index contributed by atoms with van der Waals surface area (Å²) in [5, 5.41) is 1.80. The first-order valence-corrected chi connectivity index (χ1v) is 8.54. The zero-order valence-electron chi connectivity index (χ0n) is 11.3. The fourth-order valence-electron chi connectivity index (χ4n) is 1.84. The predicted octanol–water partition coefficient (Wildman–Crippen LogP) is 2.40. The molecule has 0 aliphatic rings. The molecule has 108 valence electrons. The highest BCUT2D eigenvalue weighted by atomic mass is 32.2. The first-order valence-electron chi connectivity index (χ1n) is 6.18. The van der Waals surface area contributed by atoms with Crippen LogP contribution in [0.3, 0.4) is 0 Å². The normalized spacial score (nSPS) is 13.6. The fraction of sp³-hybridized carbons (Fsp3) is 0.308. The van der Waals surface area contributed by atoms with Crippen LogP contribution >= 0.6 is 11.3 Å². The van der Waals surface area contributed by atoms with Crippen molar-refractivity contribution in [2.24, 2.45) is 5.92 Å². The van der Waals surface area contributed by atoms with Crippen LogP contribution < -0.4 is 10.5 Å². The Labute approximate surface area is 122 Å². The molecule has 3 N–H and O–H groups in total. The molecule has 2 heterocycles. The van der Waals surface area contributed by atoms with Crippen LogP contribution in [0.5, 0.6) is 0 Å². The Balaban J connectivity index is 2.34. The van der Waals surface area contributed by atoms with Gasteiger partial charge >= 0.3 is 0 Å². The predicted molar refractivity (Wildman–Crippen MR) is 80.9 cm³/mol. The summed E-state index contributed by atoms with van der Waals surface area (Å²) in [5.41, 5.74) is 5.85.